The molecule has 2 aromatic carbocycles. The van der Waals surface area contributed by atoms with Gasteiger partial charge in [-0.2, -0.15) is 0 Å². The largest absolute Gasteiger partial charge is 0.493 e. The number of azo groups is 1. The fraction of sp³-hybridized carbons (Fsp3) is 0.0476. The second kappa shape index (κ2) is 7.92. The molecular weight excluding hydrogens is 386 g/mol. The molecule has 1 N–H and O–H groups in total. The third-order valence-electron chi connectivity index (χ3n) is 4.52. The molecule has 0 bridgehead atoms. The Labute approximate surface area is 170 Å². The number of fused-ring (bicyclic) bond motifs is 1. The maximum absolute atomic E-state index is 12.3. The summed E-state index contributed by atoms with van der Waals surface area (Å²) in [4.78, 5) is 26.1. The molecule has 0 aliphatic carbocycles. The summed E-state index contributed by atoms with van der Waals surface area (Å²) >= 11 is 0. The number of rotatable bonds is 5. The van der Waals surface area contributed by atoms with Crippen LogP contribution in [0.15, 0.2) is 83.2 Å². The maximum atomic E-state index is 12.3. The van der Waals surface area contributed by atoms with Gasteiger partial charge in [-0.3, -0.25) is 14.9 Å². The standard InChI is InChI=1S/C21H15N5O4/c27-20(17-11-10-15(12-22-17)26(29)30)24-23-19-16-8-4-5-9-18(16)25(21(19)28)13-14-6-2-1-3-7-14/h1-12,28H,13H2. The van der Waals surface area contributed by atoms with Crippen LogP contribution in [0.4, 0.5) is 11.4 Å². The SMILES string of the molecule is O=C(N=Nc1c(O)n(Cc2ccccc2)c2ccccc12)c1ccc([N+](=O)[O-])cn1. The number of nitro groups is 1. The highest BCUT2D eigenvalue weighted by molar-refractivity contribution is 5.96. The van der Waals surface area contributed by atoms with Crippen LogP contribution in [-0.2, 0) is 6.54 Å². The molecule has 0 radical (unpaired) electrons. The van der Waals surface area contributed by atoms with Gasteiger partial charge >= 0.3 is 5.91 Å². The predicted molar refractivity (Wildman–Crippen MR) is 109 cm³/mol. The Kier molecular flexibility index (Phi) is 5.00. The molecule has 0 saturated heterocycles. The minimum atomic E-state index is -0.774. The van der Waals surface area contributed by atoms with Gasteiger partial charge in [-0.25, -0.2) is 4.98 Å². The lowest BCUT2D eigenvalue weighted by molar-refractivity contribution is -0.385. The van der Waals surface area contributed by atoms with E-state index in [1.807, 2.05) is 42.5 Å². The van der Waals surface area contributed by atoms with Crippen molar-refractivity contribution in [1.29, 1.82) is 0 Å². The molecule has 2 aromatic heterocycles. The summed E-state index contributed by atoms with van der Waals surface area (Å²) in [6.07, 6.45) is 0.978. The van der Waals surface area contributed by atoms with Gasteiger partial charge in [0.25, 0.3) is 5.69 Å². The molecule has 9 heteroatoms. The van der Waals surface area contributed by atoms with Gasteiger partial charge in [0.05, 0.1) is 17.0 Å². The zero-order valence-electron chi connectivity index (χ0n) is 15.5. The molecule has 0 fully saturated rings. The predicted octanol–water partition coefficient (Wildman–Crippen LogP) is 4.62. The molecule has 0 aliphatic heterocycles. The Bertz CT molecular complexity index is 1260. The van der Waals surface area contributed by atoms with Gasteiger partial charge in [-0.15, -0.1) is 10.2 Å². The summed E-state index contributed by atoms with van der Waals surface area (Å²) in [6, 6.07) is 19.3. The second-order valence-corrected chi connectivity index (χ2v) is 6.43. The molecule has 0 atom stereocenters. The number of carbonyl (C=O) groups is 1. The molecule has 148 valence electrons. The van der Waals surface area contributed by atoms with E-state index in [4.69, 9.17) is 0 Å². The third-order valence-corrected chi connectivity index (χ3v) is 4.52. The smallest absolute Gasteiger partial charge is 0.313 e. The molecular formula is C21H15N5O4. The summed E-state index contributed by atoms with van der Waals surface area (Å²) in [6.45, 7) is 0.417. The lowest BCUT2D eigenvalue weighted by atomic mass is 10.2. The fourth-order valence-corrected chi connectivity index (χ4v) is 3.06. The number of benzene rings is 2. The number of nitrogens with zero attached hydrogens (tertiary/aromatic N) is 5. The number of hydrogen-bond acceptors (Lipinski definition) is 6. The second-order valence-electron chi connectivity index (χ2n) is 6.43. The number of aromatic nitrogens is 2. The molecule has 0 saturated carbocycles. The highest BCUT2D eigenvalue weighted by atomic mass is 16.6. The molecule has 0 aliphatic rings. The van der Waals surface area contributed by atoms with Crippen molar-refractivity contribution in [3.05, 3.63) is 94.3 Å². The van der Waals surface area contributed by atoms with E-state index in [0.29, 0.717) is 11.9 Å². The van der Waals surface area contributed by atoms with E-state index in [0.717, 1.165) is 17.3 Å². The van der Waals surface area contributed by atoms with Crippen LogP contribution in [0.25, 0.3) is 10.9 Å². The third kappa shape index (κ3) is 3.63. The van der Waals surface area contributed by atoms with Gasteiger partial charge in [0.1, 0.15) is 11.9 Å². The number of amides is 1. The summed E-state index contributed by atoms with van der Waals surface area (Å²) < 4.78 is 1.69. The zero-order chi connectivity index (χ0) is 21.1. The maximum Gasteiger partial charge on any atom is 0.313 e. The first-order chi connectivity index (χ1) is 14.5. The van der Waals surface area contributed by atoms with Crippen LogP contribution >= 0.6 is 0 Å². The van der Waals surface area contributed by atoms with Crippen molar-refractivity contribution < 1.29 is 14.8 Å². The Balaban J connectivity index is 1.68. The molecule has 4 rings (SSSR count). The molecule has 30 heavy (non-hydrogen) atoms. The summed E-state index contributed by atoms with van der Waals surface area (Å²) in [5, 5.41) is 29.7. The van der Waals surface area contributed by atoms with E-state index in [1.165, 1.54) is 12.1 Å². The number of hydrogen-bond donors (Lipinski definition) is 1. The number of aromatic hydroxyl groups is 1. The van der Waals surface area contributed by atoms with Crippen molar-refractivity contribution in [2.75, 3.05) is 0 Å². The minimum Gasteiger partial charge on any atom is -0.493 e. The number of carbonyl (C=O) groups excluding carboxylic acids is 1. The first kappa shape index (κ1) is 18.9. The van der Waals surface area contributed by atoms with Gasteiger partial charge in [-0.05, 0) is 17.7 Å². The van der Waals surface area contributed by atoms with Crippen LogP contribution in [-0.4, -0.2) is 25.5 Å². The normalized spacial score (nSPS) is 11.2. The van der Waals surface area contributed by atoms with Crippen LogP contribution in [0.5, 0.6) is 5.88 Å². The van der Waals surface area contributed by atoms with Crippen molar-refractivity contribution in [2.45, 2.75) is 6.54 Å². The van der Waals surface area contributed by atoms with Gasteiger partial charge in [-0.1, -0.05) is 48.5 Å². The highest BCUT2D eigenvalue weighted by Crippen LogP contribution is 2.39. The molecule has 1 amide bonds. The quantitative estimate of drug-likeness (QED) is 0.297. The minimum absolute atomic E-state index is 0.0862. The summed E-state index contributed by atoms with van der Waals surface area (Å²) in [5.74, 6) is -0.891. The van der Waals surface area contributed by atoms with Crippen molar-refractivity contribution in [2.24, 2.45) is 10.2 Å². The topological polar surface area (TPSA) is 123 Å². The summed E-state index contributed by atoms with van der Waals surface area (Å²) in [5.41, 5.74) is 1.58. The van der Waals surface area contributed by atoms with Gasteiger partial charge in [0.15, 0.2) is 5.69 Å². The molecule has 0 spiro atoms. The van der Waals surface area contributed by atoms with E-state index in [9.17, 15) is 20.0 Å². The Morgan fingerprint density at radius 2 is 1.80 bits per heavy atom. The van der Waals surface area contributed by atoms with Crippen molar-refractivity contribution in [3.8, 4) is 5.88 Å². The Morgan fingerprint density at radius 1 is 1.07 bits per heavy atom. The van der Waals surface area contributed by atoms with Gasteiger partial charge in [0.2, 0.25) is 5.88 Å². The van der Waals surface area contributed by atoms with Crippen LogP contribution in [0, 0.1) is 10.1 Å². The van der Waals surface area contributed by atoms with Crippen LogP contribution in [0.3, 0.4) is 0 Å². The van der Waals surface area contributed by atoms with Crippen molar-refractivity contribution >= 4 is 28.2 Å². The average Bonchev–Trinajstić information content (AvgIpc) is 3.04. The summed E-state index contributed by atoms with van der Waals surface area (Å²) in [7, 11) is 0. The van der Waals surface area contributed by atoms with E-state index in [-0.39, 0.29) is 22.9 Å². The van der Waals surface area contributed by atoms with Crippen molar-refractivity contribution in [1.82, 2.24) is 9.55 Å². The van der Waals surface area contributed by atoms with Crippen molar-refractivity contribution in [3.63, 3.8) is 0 Å². The lowest BCUT2D eigenvalue weighted by Crippen LogP contribution is -1.99. The van der Waals surface area contributed by atoms with E-state index >= 15 is 0 Å². The first-order valence-corrected chi connectivity index (χ1v) is 8.95. The molecule has 2 heterocycles. The first-order valence-electron chi connectivity index (χ1n) is 8.95. The van der Waals surface area contributed by atoms with E-state index in [2.05, 4.69) is 15.2 Å². The van der Waals surface area contributed by atoms with E-state index < -0.39 is 10.8 Å². The van der Waals surface area contributed by atoms with Gasteiger partial charge < -0.3 is 9.67 Å². The fourth-order valence-electron chi connectivity index (χ4n) is 3.06. The Hall–Kier alpha value is -4.40. The molecule has 0 unspecified atom stereocenters. The van der Waals surface area contributed by atoms with Crippen LogP contribution in [0.2, 0.25) is 0 Å². The molecule has 4 aromatic rings. The zero-order valence-corrected chi connectivity index (χ0v) is 15.5. The van der Waals surface area contributed by atoms with E-state index in [1.54, 1.807) is 16.7 Å². The highest BCUT2D eigenvalue weighted by Gasteiger charge is 2.17. The van der Waals surface area contributed by atoms with Crippen LogP contribution < -0.4 is 0 Å². The monoisotopic (exact) mass is 401 g/mol. The number of pyridine rings is 1. The van der Waals surface area contributed by atoms with Crippen LogP contribution in [0.1, 0.15) is 16.1 Å². The average molecular weight is 401 g/mol. The lowest BCUT2D eigenvalue weighted by Gasteiger charge is -2.06. The number of para-hydroxylation sites is 1. The molecule has 9 nitrogen and oxygen atoms in total. The Morgan fingerprint density at radius 3 is 2.50 bits per heavy atom. The van der Waals surface area contributed by atoms with Gasteiger partial charge in [0, 0.05) is 11.5 Å².